The van der Waals surface area contributed by atoms with Crippen LogP contribution in [0.2, 0.25) is 0 Å². The average molecular weight is 497 g/mol. The number of carbonyl (C=O) groups is 2. The van der Waals surface area contributed by atoms with Gasteiger partial charge in [0.1, 0.15) is 23.6 Å². The number of Topliss-reactive ketones (excluding diaryl/α,β-unsaturated/α-hetero) is 1. The van der Waals surface area contributed by atoms with Gasteiger partial charge < -0.3 is 10.0 Å². The minimum atomic E-state index is -1.01. The Labute approximate surface area is 204 Å². The summed E-state index contributed by atoms with van der Waals surface area (Å²) in [6, 6.07) is 6.82. The van der Waals surface area contributed by atoms with Crippen LogP contribution in [0.5, 0.6) is 5.75 Å². The molecule has 10 heteroatoms. The van der Waals surface area contributed by atoms with Crippen molar-refractivity contribution >= 4 is 11.7 Å². The van der Waals surface area contributed by atoms with E-state index in [1.54, 1.807) is 24.9 Å². The van der Waals surface area contributed by atoms with Crippen LogP contribution in [0, 0.1) is 17.5 Å². The molecule has 2 aliphatic rings. The molecular formula is C26H22F3N3O4. The normalized spacial score (nSPS) is 18.2. The molecule has 3 aromatic rings. The Morgan fingerprint density at radius 1 is 1.03 bits per heavy atom. The van der Waals surface area contributed by atoms with Gasteiger partial charge in [-0.05, 0) is 49.6 Å². The highest BCUT2D eigenvalue weighted by Gasteiger charge is 2.47. The molecule has 0 fully saturated rings. The number of hydrogen-bond donors (Lipinski definition) is 1. The number of fused-ring (bicyclic) bond motifs is 5. The lowest BCUT2D eigenvalue weighted by molar-refractivity contribution is 0.0580. The Bertz CT molecular complexity index is 1490. The highest BCUT2D eigenvalue weighted by atomic mass is 19.1. The van der Waals surface area contributed by atoms with Gasteiger partial charge in [-0.25, -0.2) is 13.2 Å². The molecule has 2 atom stereocenters. The molecular weight excluding hydrogens is 475 g/mol. The van der Waals surface area contributed by atoms with Crippen LogP contribution in [0.4, 0.5) is 13.2 Å². The highest BCUT2D eigenvalue weighted by molar-refractivity contribution is 6.00. The minimum absolute atomic E-state index is 0.0943. The van der Waals surface area contributed by atoms with Gasteiger partial charge in [-0.2, -0.15) is 0 Å². The summed E-state index contributed by atoms with van der Waals surface area (Å²) in [6.45, 7) is 3.79. The van der Waals surface area contributed by atoms with Gasteiger partial charge in [-0.15, -0.1) is 0 Å². The molecule has 0 aliphatic carbocycles. The summed E-state index contributed by atoms with van der Waals surface area (Å²) in [7, 11) is 0. The number of aromatic nitrogens is 1. The number of nitrogens with zero attached hydrogens (tertiary/aromatic N) is 3. The van der Waals surface area contributed by atoms with Crippen molar-refractivity contribution in [3.63, 3.8) is 0 Å². The summed E-state index contributed by atoms with van der Waals surface area (Å²) >= 11 is 0. The number of carbonyl (C=O) groups excluding carboxylic acids is 2. The van der Waals surface area contributed by atoms with E-state index in [1.807, 2.05) is 0 Å². The average Bonchev–Trinajstić information content (AvgIpc) is 3.12. The number of aryl methyl sites for hydroxylation is 1. The van der Waals surface area contributed by atoms with Gasteiger partial charge in [0, 0.05) is 30.8 Å². The second-order valence-electron chi connectivity index (χ2n) is 8.87. The maximum atomic E-state index is 14.0. The zero-order valence-electron chi connectivity index (χ0n) is 19.5. The summed E-state index contributed by atoms with van der Waals surface area (Å²) in [6.07, 6.45) is 0.190. The molecule has 0 spiro atoms. The quantitative estimate of drug-likeness (QED) is 0.540. The number of ketones is 1. The molecule has 0 radical (unpaired) electrons. The monoisotopic (exact) mass is 497 g/mol. The van der Waals surface area contributed by atoms with Crippen molar-refractivity contribution in [3.05, 3.63) is 98.2 Å². The first-order chi connectivity index (χ1) is 17.1. The third-order valence-corrected chi connectivity index (χ3v) is 6.87. The summed E-state index contributed by atoms with van der Waals surface area (Å²) in [5.74, 6) is -4.15. The van der Waals surface area contributed by atoms with Crippen molar-refractivity contribution in [2.45, 2.75) is 38.9 Å². The first-order valence-electron chi connectivity index (χ1n) is 11.5. The fourth-order valence-electron chi connectivity index (χ4n) is 5.09. The van der Waals surface area contributed by atoms with Gasteiger partial charge in [0.05, 0.1) is 11.6 Å². The zero-order valence-corrected chi connectivity index (χ0v) is 19.5. The molecule has 0 saturated carbocycles. The number of halogens is 3. The van der Waals surface area contributed by atoms with Crippen LogP contribution in [-0.2, 0) is 6.42 Å². The summed E-state index contributed by atoms with van der Waals surface area (Å²) in [5, 5.41) is 12.5. The summed E-state index contributed by atoms with van der Waals surface area (Å²) in [5.41, 5.74) is -0.237. The van der Waals surface area contributed by atoms with Crippen molar-refractivity contribution in [3.8, 4) is 5.75 Å². The van der Waals surface area contributed by atoms with Crippen molar-refractivity contribution < 1.29 is 27.9 Å². The van der Waals surface area contributed by atoms with Crippen LogP contribution in [-0.4, -0.2) is 32.9 Å². The predicted molar refractivity (Wildman–Crippen MR) is 124 cm³/mol. The van der Waals surface area contributed by atoms with Crippen LogP contribution in [0.3, 0.4) is 0 Å². The lowest BCUT2D eigenvalue weighted by Gasteiger charge is -2.44. The van der Waals surface area contributed by atoms with Gasteiger partial charge in [0.25, 0.3) is 5.91 Å². The fraction of sp³-hybridized carbons (Fsp3) is 0.269. The number of rotatable bonds is 5. The van der Waals surface area contributed by atoms with Crippen LogP contribution in [0.15, 0.2) is 47.4 Å². The molecule has 1 amide bonds. The summed E-state index contributed by atoms with van der Waals surface area (Å²) < 4.78 is 42.5. The molecule has 1 aromatic heterocycles. The first-order valence-corrected chi connectivity index (χ1v) is 11.5. The fourth-order valence-corrected chi connectivity index (χ4v) is 5.09. The standard InChI is InChI=1S/C26H22F3N3O4/c1-3-30-25-17-8-7-15(27)10-18(17)13(2)32(25)31-12-19(23(34)24(35)22(31)26(30)36)21(33)9-5-14-4-6-16(28)11-20(14)29/h4,6-8,10-13,25,35H,3,5,9H2,1-2H3/t13-,25+/m1/s1. The second-order valence-corrected chi connectivity index (χ2v) is 8.87. The molecule has 1 N–H and O–H groups in total. The van der Waals surface area contributed by atoms with Crippen molar-refractivity contribution in [1.82, 2.24) is 9.58 Å². The van der Waals surface area contributed by atoms with E-state index in [0.717, 1.165) is 6.07 Å². The number of aromatic hydroxyl groups is 1. The van der Waals surface area contributed by atoms with Crippen molar-refractivity contribution in [2.24, 2.45) is 0 Å². The largest absolute Gasteiger partial charge is 0.502 e. The van der Waals surface area contributed by atoms with Crippen molar-refractivity contribution in [1.29, 1.82) is 0 Å². The third kappa shape index (κ3) is 3.47. The minimum Gasteiger partial charge on any atom is -0.502 e. The Morgan fingerprint density at radius 2 is 1.72 bits per heavy atom. The lowest BCUT2D eigenvalue weighted by atomic mass is 10.0. The Morgan fingerprint density at radius 3 is 2.42 bits per heavy atom. The maximum absolute atomic E-state index is 14.0. The van der Waals surface area contributed by atoms with E-state index in [0.29, 0.717) is 17.2 Å². The topological polar surface area (TPSA) is 82.9 Å². The maximum Gasteiger partial charge on any atom is 0.278 e. The highest BCUT2D eigenvalue weighted by Crippen LogP contribution is 2.46. The van der Waals surface area contributed by atoms with Gasteiger partial charge in [0.2, 0.25) is 5.43 Å². The van der Waals surface area contributed by atoms with Gasteiger partial charge >= 0.3 is 0 Å². The SMILES string of the molecule is CCN1C(=O)c2c(O)c(=O)c(C(=O)CCc3ccc(F)cc3F)cn2N2[C@H](C)c3cc(F)ccc3[C@@H]12. The zero-order chi connectivity index (χ0) is 25.9. The van der Waals surface area contributed by atoms with Gasteiger partial charge in [-0.3, -0.25) is 24.1 Å². The Balaban J connectivity index is 1.58. The Hall–Kier alpha value is -4.08. The number of hydrogen-bond acceptors (Lipinski definition) is 5. The van der Waals surface area contributed by atoms with Gasteiger partial charge in [-0.1, -0.05) is 12.1 Å². The molecule has 0 saturated heterocycles. The molecule has 0 unspecified atom stereocenters. The van der Waals surface area contributed by atoms with Gasteiger partial charge in [0.15, 0.2) is 17.2 Å². The molecule has 5 rings (SSSR count). The second kappa shape index (κ2) is 8.54. The van der Waals surface area contributed by atoms with Crippen LogP contribution in [0.25, 0.3) is 0 Å². The molecule has 186 valence electrons. The lowest BCUT2D eigenvalue weighted by Crippen LogP contribution is -2.54. The van der Waals surface area contributed by atoms with E-state index < -0.39 is 52.5 Å². The van der Waals surface area contributed by atoms with Crippen LogP contribution in [0.1, 0.15) is 70.0 Å². The van der Waals surface area contributed by atoms with Crippen LogP contribution >= 0.6 is 0 Å². The molecule has 36 heavy (non-hydrogen) atoms. The molecule has 2 aromatic carbocycles. The van der Waals surface area contributed by atoms with E-state index in [2.05, 4.69) is 0 Å². The Kier molecular flexibility index (Phi) is 5.61. The van der Waals surface area contributed by atoms with E-state index in [9.17, 15) is 32.7 Å². The molecule has 3 heterocycles. The van der Waals surface area contributed by atoms with E-state index in [-0.39, 0.29) is 36.2 Å². The van der Waals surface area contributed by atoms with E-state index >= 15 is 0 Å². The first kappa shape index (κ1) is 23.7. The van der Waals surface area contributed by atoms with Crippen molar-refractivity contribution in [2.75, 3.05) is 11.6 Å². The van der Waals surface area contributed by atoms with E-state index in [1.165, 1.54) is 34.0 Å². The summed E-state index contributed by atoms with van der Waals surface area (Å²) in [4.78, 5) is 40.8. The van der Waals surface area contributed by atoms with Crippen LogP contribution < -0.4 is 10.4 Å². The molecule has 7 nitrogen and oxygen atoms in total. The smallest absolute Gasteiger partial charge is 0.278 e. The molecule has 2 aliphatic heterocycles. The predicted octanol–water partition coefficient (Wildman–Crippen LogP) is 3.97. The van der Waals surface area contributed by atoms with E-state index in [4.69, 9.17) is 0 Å². The molecule has 0 bridgehead atoms. The third-order valence-electron chi connectivity index (χ3n) is 6.87. The number of amides is 1. The number of benzene rings is 2. The number of pyridine rings is 1.